The molecule has 1 atom stereocenters. The molecule has 2 rings (SSSR count). The number of halogens is 3. The van der Waals surface area contributed by atoms with E-state index in [0.29, 0.717) is 6.10 Å². The zero-order valence-corrected chi connectivity index (χ0v) is 14.1. The smallest absolute Gasteiger partial charge is 0.0747 e. The zero-order chi connectivity index (χ0) is 12.3. The fourth-order valence-corrected chi connectivity index (χ4v) is 4.43. The van der Waals surface area contributed by atoms with Crippen molar-refractivity contribution >= 4 is 53.5 Å². The highest BCUT2D eigenvalue weighted by Gasteiger charge is 2.14. The van der Waals surface area contributed by atoms with Crippen molar-refractivity contribution < 1.29 is 4.74 Å². The molecule has 1 heterocycles. The van der Waals surface area contributed by atoms with E-state index in [1.165, 1.54) is 12.8 Å². The molecule has 0 saturated carbocycles. The topological polar surface area (TPSA) is 21.3 Å². The molecule has 0 bridgehead atoms. The fraction of sp³-hybridized carbons (Fsp3) is 0.500. The molecule has 1 aromatic rings. The molecule has 0 aromatic heterocycles. The van der Waals surface area contributed by atoms with E-state index >= 15 is 0 Å². The molecule has 0 radical (unpaired) electrons. The van der Waals surface area contributed by atoms with Crippen molar-refractivity contribution in [3.8, 4) is 0 Å². The largest absolute Gasteiger partial charge is 0.381 e. The first-order valence-electron chi connectivity index (χ1n) is 5.67. The van der Waals surface area contributed by atoms with E-state index in [4.69, 9.17) is 4.74 Å². The number of rotatable bonds is 3. The monoisotopic (exact) mass is 425 g/mol. The third kappa shape index (κ3) is 3.94. The summed E-state index contributed by atoms with van der Waals surface area (Å²) in [5.74, 6) is 0. The number of nitrogens with one attached hydrogen (secondary N) is 1. The molecule has 1 aliphatic heterocycles. The Hall–Kier alpha value is 0.420. The van der Waals surface area contributed by atoms with Gasteiger partial charge in [0.25, 0.3) is 0 Å². The third-order valence-electron chi connectivity index (χ3n) is 2.79. The Bertz CT molecular complexity index is 368. The van der Waals surface area contributed by atoms with Gasteiger partial charge in [-0.2, -0.15) is 0 Å². The van der Waals surface area contributed by atoms with Gasteiger partial charge in [0.05, 0.1) is 11.8 Å². The first-order chi connectivity index (χ1) is 8.16. The summed E-state index contributed by atoms with van der Waals surface area (Å²) < 4.78 is 8.85. The number of ether oxygens (including phenoxy) is 1. The Morgan fingerprint density at radius 2 is 1.88 bits per heavy atom. The molecule has 17 heavy (non-hydrogen) atoms. The summed E-state index contributed by atoms with van der Waals surface area (Å²) in [6.45, 7) is 1.76. The Kier molecular flexibility index (Phi) is 5.33. The number of benzene rings is 1. The van der Waals surface area contributed by atoms with Crippen LogP contribution in [0.1, 0.15) is 19.3 Å². The predicted octanol–water partition coefficient (Wildman–Crippen LogP) is 4.96. The second kappa shape index (κ2) is 6.55. The average Bonchev–Trinajstić information content (AvgIpc) is 2.29. The van der Waals surface area contributed by atoms with Crippen molar-refractivity contribution in [2.24, 2.45) is 0 Å². The predicted molar refractivity (Wildman–Crippen MR) is 81.6 cm³/mol. The molecular weight excluding hydrogens is 414 g/mol. The van der Waals surface area contributed by atoms with Gasteiger partial charge >= 0.3 is 0 Å². The summed E-state index contributed by atoms with van der Waals surface area (Å²) in [6, 6.07) is 4.07. The number of hydrogen-bond donors (Lipinski definition) is 1. The van der Waals surface area contributed by atoms with Crippen LogP contribution in [0.15, 0.2) is 25.6 Å². The summed E-state index contributed by atoms with van der Waals surface area (Å²) in [5.41, 5.74) is 1.09. The third-order valence-corrected chi connectivity index (χ3v) is 4.50. The Labute approximate surface area is 127 Å². The first kappa shape index (κ1) is 13.8. The first-order valence-corrected chi connectivity index (χ1v) is 8.05. The maximum absolute atomic E-state index is 5.70. The molecule has 1 aliphatic rings. The average molecular weight is 428 g/mol. The van der Waals surface area contributed by atoms with Crippen LogP contribution in [-0.4, -0.2) is 19.3 Å². The zero-order valence-electron chi connectivity index (χ0n) is 9.31. The molecule has 5 heteroatoms. The van der Waals surface area contributed by atoms with E-state index in [1.807, 2.05) is 12.1 Å². The van der Waals surface area contributed by atoms with E-state index in [2.05, 4.69) is 53.1 Å². The van der Waals surface area contributed by atoms with Crippen molar-refractivity contribution in [3.63, 3.8) is 0 Å². The normalized spacial score (nSPS) is 20.3. The quantitative estimate of drug-likeness (QED) is 0.736. The highest BCUT2D eigenvalue weighted by Crippen LogP contribution is 2.34. The maximum atomic E-state index is 5.70. The van der Waals surface area contributed by atoms with Crippen molar-refractivity contribution in [2.45, 2.75) is 25.4 Å². The van der Waals surface area contributed by atoms with Crippen molar-refractivity contribution in [1.29, 1.82) is 0 Å². The van der Waals surface area contributed by atoms with Crippen molar-refractivity contribution in [2.75, 3.05) is 18.5 Å². The molecule has 1 N–H and O–H groups in total. The highest BCUT2D eigenvalue weighted by atomic mass is 79.9. The van der Waals surface area contributed by atoms with E-state index in [9.17, 15) is 0 Å². The summed E-state index contributed by atoms with van der Waals surface area (Å²) in [4.78, 5) is 0. The molecule has 94 valence electrons. The van der Waals surface area contributed by atoms with Gasteiger partial charge in [-0.3, -0.25) is 0 Å². The van der Waals surface area contributed by atoms with Crippen LogP contribution in [-0.2, 0) is 4.74 Å². The van der Waals surface area contributed by atoms with Gasteiger partial charge in [0.15, 0.2) is 0 Å². The molecule has 1 unspecified atom stereocenters. The lowest BCUT2D eigenvalue weighted by atomic mass is 10.1. The van der Waals surface area contributed by atoms with Gasteiger partial charge in [0.2, 0.25) is 0 Å². The molecular formula is C12H14Br3NO. The van der Waals surface area contributed by atoms with Gasteiger partial charge in [-0.1, -0.05) is 15.9 Å². The maximum Gasteiger partial charge on any atom is 0.0747 e. The lowest BCUT2D eigenvalue weighted by molar-refractivity contribution is 0.0247. The standard InChI is InChI=1S/C12H14Br3NO/c13-8-5-10(14)12(11(15)6-8)16-7-9-3-1-2-4-17-9/h5-6,9,16H,1-4,7H2. The number of hydrogen-bond acceptors (Lipinski definition) is 2. The summed E-state index contributed by atoms with van der Waals surface area (Å²) >= 11 is 10.6. The Morgan fingerprint density at radius 3 is 2.47 bits per heavy atom. The van der Waals surface area contributed by atoms with Crippen LogP contribution in [0.3, 0.4) is 0 Å². The summed E-state index contributed by atoms with van der Waals surface area (Å²) in [7, 11) is 0. The van der Waals surface area contributed by atoms with Gasteiger partial charge in [-0.15, -0.1) is 0 Å². The van der Waals surface area contributed by atoms with Crippen LogP contribution in [0.25, 0.3) is 0 Å². The van der Waals surface area contributed by atoms with Gasteiger partial charge in [0.1, 0.15) is 0 Å². The fourth-order valence-electron chi connectivity index (χ4n) is 1.90. The number of anilines is 1. The summed E-state index contributed by atoms with van der Waals surface area (Å²) in [5, 5.41) is 3.44. The summed E-state index contributed by atoms with van der Waals surface area (Å²) in [6.07, 6.45) is 3.96. The second-order valence-corrected chi connectivity index (χ2v) is 6.74. The van der Waals surface area contributed by atoms with Crippen molar-refractivity contribution in [3.05, 3.63) is 25.6 Å². The van der Waals surface area contributed by atoms with Crippen LogP contribution < -0.4 is 5.32 Å². The SMILES string of the molecule is Brc1cc(Br)c(NCC2CCCCO2)c(Br)c1. The molecule has 1 aromatic carbocycles. The van der Waals surface area contributed by atoms with Crippen LogP contribution >= 0.6 is 47.8 Å². The van der Waals surface area contributed by atoms with Gasteiger partial charge in [-0.05, 0) is 63.3 Å². The molecule has 1 saturated heterocycles. The molecule has 0 amide bonds. The van der Waals surface area contributed by atoms with Crippen molar-refractivity contribution in [1.82, 2.24) is 0 Å². The van der Waals surface area contributed by atoms with Crippen LogP contribution in [0.4, 0.5) is 5.69 Å². The van der Waals surface area contributed by atoms with E-state index in [0.717, 1.165) is 38.7 Å². The lowest BCUT2D eigenvalue weighted by Crippen LogP contribution is -2.27. The minimum Gasteiger partial charge on any atom is -0.381 e. The van der Waals surface area contributed by atoms with Gasteiger partial charge in [0, 0.05) is 26.6 Å². The second-order valence-electron chi connectivity index (χ2n) is 4.11. The van der Waals surface area contributed by atoms with Crippen LogP contribution in [0.5, 0.6) is 0 Å². The Morgan fingerprint density at radius 1 is 1.18 bits per heavy atom. The minimum absolute atomic E-state index is 0.339. The van der Waals surface area contributed by atoms with E-state index in [1.54, 1.807) is 0 Å². The molecule has 0 spiro atoms. The molecule has 1 fully saturated rings. The Balaban J connectivity index is 1.98. The lowest BCUT2D eigenvalue weighted by Gasteiger charge is -2.23. The van der Waals surface area contributed by atoms with Gasteiger partial charge in [-0.25, -0.2) is 0 Å². The van der Waals surface area contributed by atoms with E-state index < -0.39 is 0 Å². The minimum atomic E-state index is 0.339. The van der Waals surface area contributed by atoms with E-state index in [-0.39, 0.29) is 0 Å². The highest BCUT2D eigenvalue weighted by molar-refractivity contribution is 9.11. The molecule has 2 nitrogen and oxygen atoms in total. The van der Waals surface area contributed by atoms with Gasteiger partial charge < -0.3 is 10.1 Å². The van der Waals surface area contributed by atoms with Crippen LogP contribution in [0.2, 0.25) is 0 Å². The molecule has 0 aliphatic carbocycles. The van der Waals surface area contributed by atoms with Crippen LogP contribution in [0, 0.1) is 0 Å².